The van der Waals surface area contributed by atoms with Crippen molar-refractivity contribution in [2.75, 3.05) is 32.1 Å². The molecule has 0 saturated carbocycles. The van der Waals surface area contributed by atoms with E-state index in [-0.39, 0.29) is 0 Å². The number of hydrogen-bond donors (Lipinski definition) is 0. The maximum atomic E-state index is 4.92. The van der Waals surface area contributed by atoms with Crippen LogP contribution >= 0.6 is 0 Å². The van der Waals surface area contributed by atoms with Crippen LogP contribution < -0.4 is 4.90 Å². The van der Waals surface area contributed by atoms with Crippen LogP contribution in [0.5, 0.6) is 0 Å². The van der Waals surface area contributed by atoms with Gasteiger partial charge in [0.1, 0.15) is 0 Å². The third kappa shape index (κ3) is 3.19. The molecule has 1 fully saturated rings. The van der Waals surface area contributed by atoms with Gasteiger partial charge in [-0.1, -0.05) is 37.3 Å². The normalized spacial score (nSPS) is 17.5. The van der Waals surface area contributed by atoms with Gasteiger partial charge in [0.2, 0.25) is 5.95 Å². The average molecular weight is 349 g/mol. The molecule has 5 heteroatoms. The lowest BCUT2D eigenvalue weighted by Gasteiger charge is -2.22. The first-order chi connectivity index (χ1) is 12.7. The first kappa shape index (κ1) is 17.0. The molecule has 1 atom stereocenters. The average Bonchev–Trinajstić information content (AvgIpc) is 3.27. The lowest BCUT2D eigenvalue weighted by atomic mass is 10.2. The van der Waals surface area contributed by atoms with Gasteiger partial charge in [-0.05, 0) is 44.1 Å². The predicted octanol–water partition coefficient (Wildman–Crippen LogP) is 3.18. The van der Waals surface area contributed by atoms with Crippen LogP contribution in [0.25, 0.3) is 11.2 Å². The number of likely N-dealkylation sites (N-methyl/N-ethyl adjacent to an activating group) is 1. The number of aryl methyl sites for hydroxylation is 1. The summed E-state index contributed by atoms with van der Waals surface area (Å²) in [5.41, 5.74) is 4.53. The molecule has 1 aliphatic rings. The summed E-state index contributed by atoms with van der Waals surface area (Å²) in [6.07, 6.45) is 4.12. The number of nitrogens with zero attached hydrogens (tertiary/aromatic N) is 5. The van der Waals surface area contributed by atoms with E-state index in [1.165, 1.54) is 17.5 Å². The molecule has 136 valence electrons. The van der Waals surface area contributed by atoms with Gasteiger partial charge in [-0.2, -0.15) is 4.98 Å². The summed E-state index contributed by atoms with van der Waals surface area (Å²) in [6, 6.07) is 13.5. The zero-order valence-corrected chi connectivity index (χ0v) is 15.9. The van der Waals surface area contributed by atoms with Crippen LogP contribution in [0.1, 0.15) is 24.5 Å². The third-order valence-electron chi connectivity index (χ3n) is 5.41. The van der Waals surface area contributed by atoms with E-state index in [1.54, 1.807) is 0 Å². The predicted molar refractivity (Wildman–Crippen MR) is 107 cm³/mol. The number of aromatic nitrogens is 3. The molecule has 4 rings (SSSR count). The molecule has 1 aromatic carbocycles. The van der Waals surface area contributed by atoms with Crippen molar-refractivity contribution in [3.05, 3.63) is 53.7 Å². The Labute approximate surface area is 155 Å². The molecule has 3 heterocycles. The van der Waals surface area contributed by atoms with Crippen LogP contribution in [0.3, 0.4) is 0 Å². The Balaban J connectivity index is 1.77. The van der Waals surface area contributed by atoms with Crippen molar-refractivity contribution < 1.29 is 0 Å². The van der Waals surface area contributed by atoms with Crippen LogP contribution in [-0.2, 0) is 13.0 Å². The van der Waals surface area contributed by atoms with E-state index >= 15 is 0 Å². The van der Waals surface area contributed by atoms with Crippen LogP contribution in [0.2, 0.25) is 0 Å². The number of hydrogen-bond acceptors (Lipinski definition) is 4. The minimum absolute atomic E-state index is 0.583. The highest BCUT2D eigenvalue weighted by Gasteiger charge is 2.28. The van der Waals surface area contributed by atoms with Gasteiger partial charge >= 0.3 is 0 Å². The number of imidazole rings is 1. The highest BCUT2D eigenvalue weighted by atomic mass is 15.3. The molecular weight excluding hydrogens is 322 g/mol. The fourth-order valence-corrected chi connectivity index (χ4v) is 3.74. The Morgan fingerprint density at radius 3 is 2.65 bits per heavy atom. The second kappa shape index (κ2) is 7.08. The zero-order chi connectivity index (χ0) is 18.1. The first-order valence-corrected chi connectivity index (χ1v) is 9.46. The van der Waals surface area contributed by atoms with E-state index < -0.39 is 0 Å². The van der Waals surface area contributed by atoms with E-state index in [2.05, 4.69) is 76.8 Å². The lowest BCUT2D eigenvalue weighted by Crippen LogP contribution is -2.32. The molecule has 26 heavy (non-hydrogen) atoms. The van der Waals surface area contributed by atoms with E-state index in [1.807, 2.05) is 6.20 Å². The summed E-state index contributed by atoms with van der Waals surface area (Å²) in [7, 11) is 4.33. The molecule has 0 aliphatic carbocycles. The fraction of sp³-hybridized carbons (Fsp3) is 0.429. The van der Waals surface area contributed by atoms with Crippen LogP contribution in [0.4, 0.5) is 5.95 Å². The molecular formula is C21H27N5. The maximum absolute atomic E-state index is 4.92. The van der Waals surface area contributed by atoms with Gasteiger partial charge in [0.25, 0.3) is 0 Å². The second-order valence-electron chi connectivity index (χ2n) is 7.38. The maximum Gasteiger partial charge on any atom is 0.208 e. The number of benzene rings is 1. The van der Waals surface area contributed by atoms with Gasteiger partial charge in [0.05, 0.1) is 12.1 Å². The topological polar surface area (TPSA) is 37.2 Å². The van der Waals surface area contributed by atoms with Crippen molar-refractivity contribution in [1.29, 1.82) is 0 Å². The molecule has 0 unspecified atom stereocenters. The summed E-state index contributed by atoms with van der Waals surface area (Å²) >= 11 is 0. The number of pyridine rings is 1. The van der Waals surface area contributed by atoms with Crippen LogP contribution in [0, 0.1) is 0 Å². The molecule has 0 radical (unpaired) electrons. The standard InChI is InChI=1S/C21H27N5/c1-4-16-12-19-20(22-13-16)23-21(25-11-10-18(15-25)24(2)3)26(19)14-17-8-6-5-7-9-17/h5-9,12-13,18H,4,10-11,14-15H2,1-3H3/t18-/m1/s1. The summed E-state index contributed by atoms with van der Waals surface area (Å²) < 4.78 is 2.34. The quantitative estimate of drug-likeness (QED) is 0.709. The minimum atomic E-state index is 0.583. The smallest absolute Gasteiger partial charge is 0.208 e. The monoisotopic (exact) mass is 349 g/mol. The van der Waals surface area contributed by atoms with Gasteiger partial charge in [-0.25, -0.2) is 4.98 Å². The van der Waals surface area contributed by atoms with Gasteiger partial charge in [-0.15, -0.1) is 0 Å². The Morgan fingerprint density at radius 2 is 1.96 bits per heavy atom. The minimum Gasteiger partial charge on any atom is -0.341 e. The third-order valence-corrected chi connectivity index (χ3v) is 5.41. The zero-order valence-electron chi connectivity index (χ0n) is 15.9. The molecule has 0 N–H and O–H groups in total. The molecule has 1 aliphatic heterocycles. The van der Waals surface area contributed by atoms with Crippen molar-refractivity contribution in [2.45, 2.75) is 32.4 Å². The SMILES string of the molecule is CCc1cnc2nc(N3CC[C@@H](N(C)C)C3)n(Cc3ccccc3)c2c1. The molecule has 2 aromatic heterocycles. The summed E-state index contributed by atoms with van der Waals surface area (Å²) in [5, 5.41) is 0. The van der Waals surface area contributed by atoms with Gasteiger partial charge in [-0.3, -0.25) is 0 Å². The summed E-state index contributed by atoms with van der Waals surface area (Å²) in [5.74, 6) is 1.05. The van der Waals surface area contributed by atoms with Crippen molar-refractivity contribution in [2.24, 2.45) is 0 Å². The van der Waals surface area contributed by atoms with Crippen molar-refractivity contribution >= 4 is 17.1 Å². The Hall–Kier alpha value is -2.40. The lowest BCUT2D eigenvalue weighted by molar-refractivity contribution is 0.315. The Kier molecular flexibility index (Phi) is 4.64. The molecule has 0 spiro atoms. The molecule has 1 saturated heterocycles. The first-order valence-electron chi connectivity index (χ1n) is 9.46. The molecule has 3 aromatic rings. The molecule has 5 nitrogen and oxygen atoms in total. The van der Waals surface area contributed by atoms with Gasteiger partial charge < -0.3 is 14.4 Å². The number of anilines is 1. The Morgan fingerprint density at radius 1 is 1.15 bits per heavy atom. The van der Waals surface area contributed by atoms with Gasteiger partial charge in [0, 0.05) is 25.3 Å². The van der Waals surface area contributed by atoms with E-state index in [9.17, 15) is 0 Å². The van der Waals surface area contributed by atoms with Crippen LogP contribution in [0.15, 0.2) is 42.6 Å². The molecule has 0 amide bonds. The van der Waals surface area contributed by atoms with Crippen molar-refractivity contribution in [3.8, 4) is 0 Å². The summed E-state index contributed by atoms with van der Waals surface area (Å²) in [6.45, 7) is 5.06. The van der Waals surface area contributed by atoms with E-state index in [0.29, 0.717) is 6.04 Å². The van der Waals surface area contributed by atoms with Crippen molar-refractivity contribution in [3.63, 3.8) is 0 Å². The highest BCUT2D eigenvalue weighted by Crippen LogP contribution is 2.27. The number of rotatable bonds is 5. The van der Waals surface area contributed by atoms with E-state index in [0.717, 1.165) is 43.2 Å². The highest BCUT2D eigenvalue weighted by molar-refractivity contribution is 5.76. The number of fused-ring (bicyclic) bond motifs is 1. The van der Waals surface area contributed by atoms with Crippen molar-refractivity contribution in [1.82, 2.24) is 19.4 Å². The fourth-order valence-electron chi connectivity index (χ4n) is 3.74. The van der Waals surface area contributed by atoms with Crippen LogP contribution in [-0.4, -0.2) is 52.7 Å². The van der Waals surface area contributed by atoms with Gasteiger partial charge in [0.15, 0.2) is 5.65 Å². The van der Waals surface area contributed by atoms with E-state index in [4.69, 9.17) is 4.98 Å². The Bertz CT molecular complexity index is 884. The molecule has 0 bridgehead atoms. The largest absolute Gasteiger partial charge is 0.341 e. The second-order valence-corrected chi connectivity index (χ2v) is 7.38. The summed E-state index contributed by atoms with van der Waals surface area (Å²) in [4.78, 5) is 14.3.